The third-order valence-corrected chi connectivity index (χ3v) is 3.51. The fourth-order valence-electron chi connectivity index (χ4n) is 2.43. The maximum Gasteiger partial charge on any atom is 0.123 e. The normalized spacial score (nSPS) is 12.1. The standard InChI is InChI=1S/C18H22FNO/c1-14(12-16-7-3-4-9-18(16)21-2)20-11-10-15-6-5-8-17(19)13-15/h3-9,13-14,20H,10-12H2,1-2H3. The SMILES string of the molecule is COc1ccccc1CC(C)NCCc1cccc(F)c1. The summed E-state index contributed by atoms with van der Waals surface area (Å²) in [6.45, 7) is 2.98. The molecule has 112 valence electrons. The van der Waals surface area contributed by atoms with Gasteiger partial charge in [0, 0.05) is 6.04 Å². The minimum Gasteiger partial charge on any atom is -0.496 e. The van der Waals surface area contributed by atoms with E-state index in [0.29, 0.717) is 6.04 Å². The lowest BCUT2D eigenvalue weighted by Gasteiger charge is -2.16. The van der Waals surface area contributed by atoms with E-state index >= 15 is 0 Å². The first kappa shape index (κ1) is 15.5. The van der Waals surface area contributed by atoms with Gasteiger partial charge in [0.05, 0.1) is 7.11 Å². The summed E-state index contributed by atoms with van der Waals surface area (Å²) in [6, 6.07) is 15.2. The van der Waals surface area contributed by atoms with Crippen LogP contribution in [0.5, 0.6) is 5.75 Å². The number of rotatable bonds is 7. The van der Waals surface area contributed by atoms with Gasteiger partial charge in [-0.1, -0.05) is 30.3 Å². The molecule has 0 amide bonds. The maximum atomic E-state index is 13.1. The van der Waals surface area contributed by atoms with E-state index in [1.807, 2.05) is 24.3 Å². The molecule has 0 fully saturated rings. The van der Waals surface area contributed by atoms with Crippen LogP contribution in [0.4, 0.5) is 4.39 Å². The molecule has 0 spiro atoms. The smallest absolute Gasteiger partial charge is 0.123 e. The molecule has 0 aliphatic rings. The molecule has 1 N–H and O–H groups in total. The zero-order chi connectivity index (χ0) is 15.1. The highest BCUT2D eigenvalue weighted by Gasteiger charge is 2.07. The minimum absolute atomic E-state index is 0.172. The predicted octanol–water partition coefficient (Wildman–Crippen LogP) is 3.60. The van der Waals surface area contributed by atoms with Crippen molar-refractivity contribution in [2.45, 2.75) is 25.8 Å². The van der Waals surface area contributed by atoms with E-state index in [1.165, 1.54) is 11.6 Å². The lowest BCUT2D eigenvalue weighted by atomic mass is 10.1. The Bertz CT molecular complexity index is 571. The van der Waals surface area contributed by atoms with Gasteiger partial charge in [-0.05, 0) is 55.6 Å². The van der Waals surface area contributed by atoms with Gasteiger partial charge in [-0.3, -0.25) is 0 Å². The van der Waals surface area contributed by atoms with Crippen molar-refractivity contribution in [3.05, 3.63) is 65.5 Å². The van der Waals surface area contributed by atoms with Crippen molar-refractivity contribution in [1.82, 2.24) is 5.32 Å². The van der Waals surface area contributed by atoms with Gasteiger partial charge in [0.2, 0.25) is 0 Å². The van der Waals surface area contributed by atoms with Crippen LogP contribution in [0.25, 0.3) is 0 Å². The Labute approximate surface area is 126 Å². The highest BCUT2D eigenvalue weighted by atomic mass is 19.1. The van der Waals surface area contributed by atoms with E-state index in [0.717, 1.165) is 30.7 Å². The van der Waals surface area contributed by atoms with Gasteiger partial charge < -0.3 is 10.1 Å². The topological polar surface area (TPSA) is 21.3 Å². The molecule has 3 heteroatoms. The molecule has 0 heterocycles. The lowest BCUT2D eigenvalue weighted by Crippen LogP contribution is -2.30. The summed E-state index contributed by atoms with van der Waals surface area (Å²) in [6.07, 6.45) is 1.74. The van der Waals surface area contributed by atoms with Gasteiger partial charge in [-0.25, -0.2) is 4.39 Å². The monoisotopic (exact) mass is 287 g/mol. The average molecular weight is 287 g/mol. The molecule has 2 nitrogen and oxygen atoms in total. The fraction of sp³-hybridized carbons (Fsp3) is 0.333. The predicted molar refractivity (Wildman–Crippen MR) is 84.3 cm³/mol. The van der Waals surface area contributed by atoms with Crippen LogP contribution in [-0.2, 0) is 12.8 Å². The Morgan fingerprint density at radius 3 is 2.71 bits per heavy atom. The van der Waals surface area contributed by atoms with Crippen molar-refractivity contribution < 1.29 is 9.13 Å². The van der Waals surface area contributed by atoms with E-state index in [-0.39, 0.29) is 5.82 Å². The lowest BCUT2D eigenvalue weighted by molar-refractivity contribution is 0.406. The molecule has 0 bridgehead atoms. The van der Waals surface area contributed by atoms with Gasteiger partial charge >= 0.3 is 0 Å². The van der Waals surface area contributed by atoms with Crippen molar-refractivity contribution in [2.75, 3.05) is 13.7 Å². The van der Waals surface area contributed by atoms with Gasteiger partial charge in [-0.15, -0.1) is 0 Å². The van der Waals surface area contributed by atoms with Crippen molar-refractivity contribution in [3.8, 4) is 5.75 Å². The Hall–Kier alpha value is -1.87. The first-order valence-corrected chi connectivity index (χ1v) is 7.29. The molecule has 2 rings (SSSR count). The van der Waals surface area contributed by atoms with Crippen LogP contribution in [0.3, 0.4) is 0 Å². The molecular weight excluding hydrogens is 265 g/mol. The second-order valence-electron chi connectivity index (χ2n) is 5.25. The van der Waals surface area contributed by atoms with E-state index < -0.39 is 0 Å². The van der Waals surface area contributed by atoms with Gasteiger partial charge in [0.1, 0.15) is 11.6 Å². The number of halogens is 1. The number of hydrogen-bond donors (Lipinski definition) is 1. The van der Waals surface area contributed by atoms with Crippen LogP contribution >= 0.6 is 0 Å². The van der Waals surface area contributed by atoms with Crippen LogP contribution in [0.15, 0.2) is 48.5 Å². The summed E-state index contributed by atoms with van der Waals surface area (Å²) in [7, 11) is 1.70. The van der Waals surface area contributed by atoms with Crippen molar-refractivity contribution in [2.24, 2.45) is 0 Å². The summed E-state index contributed by atoms with van der Waals surface area (Å²) >= 11 is 0. The molecule has 0 saturated carbocycles. The highest BCUT2D eigenvalue weighted by Crippen LogP contribution is 2.18. The van der Waals surface area contributed by atoms with Crippen LogP contribution in [0, 0.1) is 5.82 Å². The van der Waals surface area contributed by atoms with Crippen LogP contribution in [-0.4, -0.2) is 19.7 Å². The second-order valence-corrected chi connectivity index (χ2v) is 5.25. The molecule has 21 heavy (non-hydrogen) atoms. The Kier molecular flexibility index (Phi) is 5.76. The summed E-state index contributed by atoms with van der Waals surface area (Å²) in [5.74, 6) is 0.755. The molecule has 2 aromatic carbocycles. The number of para-hydroxylation sites is 1. The van der Waals surface area contributed by atoms with E-state index in [2.05, 4.69) is 18.3 Å². The van der Waals surface area contributed by atoms with Gasteiger partial charge in [0.25, 0.3) is 0 Å². The largest absolute Gasteiger partial charge is 0.496 e. The van der Waals surface area contributed by atoms with Crippen LogP contribution < -0.4 is 10.1 Å². The van der Waals surface area contributed by atoms with E-state index in [9.17, 15) is 4.39 Å². The van der Waals surface area contributed by atoms with Gasteiger partial charge in [-0.2, -0.15) is 0 Å². The number of nitrogens with one attached hydrogen (secondary N) is 1. The zero-order valence-corrected chi connectivity index (χ0v) is 12.6. The second kappa shape index (κ2) is 7.79. The summed E-state index contributed by atoms with van der Waals surface area (Å²) < 4.78 is 18.5. The summed E-state index contributed by atoms with van der Waals surface area (Å²) in [4.78, 5) is 0. The molecule has 1 unspecified atom stereocenters. The molecule has 2 aromatic rings. The van der Waals surface area contributed by atoms with E-state index in [1.54, 1.807) is 19.2 Å². The number of ether oxygens (including phenoxy) is 1. The van der Waals surface area contributed by atoms with Crippen LogP contribution in [0.2, 0.25) is 0 Å². The Morgan fingerprint density at radius 1 is 1.14 bits per heavy atom. The quantitative estimate of drug-likeness (QED) is 0.840. The molecule has 1 atom stereocenters. The fourth-order valence-corrected chi connectivity index (χ4v) is 2.43. The van der Waals surface area contributed by atoms with Crippen molar-refractivity contribution >= 4 is 0 Å². The molecule has 0 aliphatic carbocycles. The summed E-state index contributed by atoms with van der Waals surface area (Å²) in [5.41, 5.74) is 2.22. The molecule has 0 saturated heterocycles. The van der Waals surface area contributed by atoms with Crippen LogP contribution in [0.1, 0.15) is 18.1 Å². The molecule has 0 radical (unpaired) electrons. The molecule has 0 aliphatic heterocycles. The average Bonchev–Trinajstić information content (AvgIpc) is 2.48. The van der Waals surface area contributed by atoms with E-state index in [4.69, 9.17) is 4.74 Å². The van der Waals surface area contributed by atoms with Gasteiger partial charge in [0.15, 0.2) is 0 Å². The maximum absolute atomic E-state index is 13.1. The third kappa shape index (κ3) is 4.87. The molecule has 0 aromatic heterocycles. The first-order valence-electron chi connectivity index (χ1n) is 7.29. The van der Waals surface area contributed by atoms with Crippen molar-refractivity contribution in [1.29, 1.82) is 0 Å². The number of methoxy groups -OCH3 is 1. The number of benzene rings is 2. The third-order valence-electron chi connectivity index (χ3n) is 3.51. The molecular formula is C18H22FNO. The Balaban J connectivity index is 1.81. The Morgan fingerprint density at radius 2 is 1.95 bits per heavy atom. The number of hydrogen-bond acceptors (Lipinski definition) is 2. The zero-order valence-electron chi connectivity index (χ0n) is 12.6. The first-order chi connectivity index (χ1) is 10.2. The highest BCUT2D eigenvalue weighted by molar-refractivity contribution is 5.33. The summed E-state index contributed by atoms with van der Waals surface area (Å²) in [5, 5.41) is 3.47. The minimum atomic E-state index is -0.172. The van der Waals surface area contributed by atoms with Crippen molar-refractivity contribution in [3.63, 3.8) is 0 Å².